The van der Waals surface area contributed by atoms with E-state index in [1.807, 2.05) is 12.1 Å². The highest BCUT2D eigenvalue weighted by molar-refractivity contribution is 7.89. The summed E-state index contributed by atoms with van der Waals surface area (Å²) in [6.07, 6.45) is 6.86. The first kappa shape index (κ1) is 23.9. The van der Waals surface area contributed by atoms with Gasteiger partial charge in [-0.25, -0.2) is 8.42 Å². The van der Waals surface area contributed by atoms with Crippen molar-refractivity contribution in [2.75, 3.05) is 26.2 Å². The Balaban J connectivity index is 0.00000364. The summed E-state index contributed by atoms with van der Waals surface area (Å²) in [6.45, 7) is 2.51. The minimum atomic E-state index is -3.41. The number of carbonyl (C=O) groups is 1. The summed E-state index contributed by atoms with van der Waals surface area (Å²) in [5.41, 5.74) is 6.39. The topological polar surface area (TPSA) is 92.5 Å². The van der Waals surface area contributed by atoms with Crippen LogP contribution in [0.1, 0.15) is 50.5 Å². The van der Waals surface area contributed by atoms with Gasteiger partial charge in [-0.3, -0.25) is 4.79 Å². The first-order valence-electron chi connectivity index (χ1n) is 9.60. The van der Waals surface area contributed by atoms with Crippen molar-refractivity contribution in [2.45, 2.75) is 56.3 Å². The minimum Gasteiger partial charge on any atom is -0.356 e. The van der Waals surface area contributed by atoms with Crippen molar-refractivity contribution in [3.8, 4) is 0 Å². The van der Waals surface area contributed by atoms with Gasteiger partial charge in [-0.2, -0.15) is 4.31 Å². The van der Waals surface area contributed by atoms with Crippen LogP contribution in [0.5, 0.6) is 0 Å². The van der Waals surface area contributed by atoms with Gasteiger partial charge in [-0.15, -0.1) is 12.4 Å². The fourth-order valence-corrected chi connectivity index (χ4v) is 4.62. The SMILES string of the molecule is Cl.NCCCCNC(=O)CCc1ccc(S(=O)(=O)N2CCCCCC2)cc1. The maximum Gasteiger partial charge on any atom is 0.243 e. The van der Waals surface area contributed by atoms with Gasteiger partial charge >= 0.3 is 0 Å². The van der Waals surface area contributed by atoms with Gasteiger partial charge in [-0.05, 0) is 56.3 Å². The van der Waals surface area contributed by atoms with E-state index in [2.05, 4.69) is 5.32 Å². The maximum absolute atomic E-state index is 12.7. The summed E-state index contributed by atoms with van der Waals surface area (Å²) in [5.74, 6) is 0.0169. The molecule has 3 N–H and O–H groups in total. The Morgan fingerprint density at radius 1 is 1.04 bits per heavy atom. The number of carbonyl (C=O) groups excluding carboxylic acids is 1. The van der Waals surface area contributed by atoms with E-state index in [0.717, 1.165) is 44.1 Å². The number of halogens is 1. The molecule has 1 aliphatic heterocycles. The second-order valence-electron chi connectivity index (χ2n) is 6.81. The van der Waals surface area contributed by atoms with Crippen molar-refractivity contribution in [3.05, 3.63) is 29.8 Å². The summed E-state index contributed by atoms with van der Waals surface area (Å²) in [5, 5.41) is 2.88. The molecule has 154 valence electrons. The Bertz CT molecular complexity index is 657. The number of rotatable bonds is 9. The third-order valence-corrected chi connectivity index (χ3v) is 6.63. The summed E-state index contributed by atoms with van der Waals surface area (Å²) < 4.78 is 27.1. The molecule has 1 amide bonds. The van der Waals surface area contributed by atoms with Gasteiger partial charge in [0.15, 0.2) is 0 Å². The standard InChI is InChI=1S/C19H31N3O3S.ClH/c20-13-3-4-14-21-19(23)12-9-17-7-10-18(11-8-17)26(24,25)22-15-5-1-2-6-16-22;/h7-8,10-11H,1-6,9,12-16,20H2,(H,21,23);1H. The lowest BCUT2D eigenvalue weighted by molar-refractivity contribution is -0.121. The van der Waals surface area contributed by atoms with Gasteiger partial charge in [0, 0.05) is 26.1 Å². The molecular formula is C19H32ClN3O3S. The number of hydrogen-bond donors (Lipinski definition) is 2. The number of sulfonamides is 1. The minimum absolute atomic E-state index is 0. The average Bonchev–Trinajstić information content (AvgIpc) is 2.94. The Kier molecular flexibility index (Phi) is 10.9. The molecule has 1 fully saturated rings. The molecule has 0 spiro atoms. The smallest absolute Gasteiger partial charge is 0.243 e. The third kappa shape index (κ3) is 7.78. The lowest BCUT2D eigenvalue weighted by atomic mass is 10.1. The highest BCUT2D eigenvalue weighted by Crippen LogP contribution is 2.21. The van der Waals surface area contributed by atoms with Gasteiger partial charge in [0.25, 0.3) is 0 Å². The van der Waals surface area contributed by atoms with E-state index in [1.54, 1.807) is 16.4 Å². The summed E-state index contributed by atoms with van der Waals surface area (Å²) in [7, 11) is -3.41. The molecule has 1 aromatic carbocycles. The highest BCUT2D eigenvalue weighted by Gasteiger charge is 2.24. The zero-order valence-electron chi connectivity index (χ0n) is 15.9. The third-order valence-electron chi connectivity index (χ3n) is 4.72. The quantitative estimate of drug-likeness (QED) is 0.603. The molecule has 8 heteroatoms. The molecule has 1 saturated heterocycles. The molecule has 0 atom stereocenters. The predicted octanol–water partition coefficient (Wildman–Crippen LogP) is 2.46. The predicted molar refractivity (Wildman–Crippen MR) is 111 cm³/mol. The average molecular weight is 418 g/mol. The lowest BCUT2D eigenvalue weighted by Crippen LogP contribution is -2.31. The van der Waals surface area contributed by atoms with Crippen LogP contribution >= 0.6 is 12.4 Å². The molecule has 0 radical (unpaired) electrons. The number of hydrogen-bond acceptors (Lipinski definition) is 4. The molecule has 2 rings (SSSR count). The molecule has 1 heterocycles. The van der Waals surface area contributed by atoms with Crippen LogP contribution in [0, 0.1) is 0 Å². The Morgan fingerprint density at radius 3 is 2.26 bits per heavy atom. The second kappa shape index (κ2) is 12.3. The van der Waals surface area contributed by atoms with Crippen molar-refractivity contribution in [1.29, 1.82) is 0 Å². The number of nitrogens with one attached hydrogen (secondary N) is 1. The van der Waals surface area contributed by atoms with Gasteiger partial charge in [0.1, 0.15) is 0 Å². The number of nitrogens with zero attached hydrogens (tertiary/aromatic N) is 1. The van der Waals surface area contributed by atoms with Crippen LogP contribution in [-0.4, -0.2) is 44.8 Å². The number of amides is 1. The number of unbranched alkanes of at least 4 members (excludes halogenated alkanes) is 1. The van der Waals surface area contributed by atoms with Crippen molar-refractivity contribution in [3.63, 3.8) is 0 Å². The molecule has 0 aliphatic carbocycles. The second-order valence-corrected chi connectivity index (χ2v) is 8.75. The van der Waals surface area contributed by atoms with E-state index in [0.29, 0.717) is 43.9 Å². The molecule has 1 aromatic rings. The van der Waals surface area contributed by atoms with Crippen LogP contribution in [0.25, 0.3) is 0 Å². The first-order chi connectivity index (χ1) is 12.5. The summed E-state index contributed by atoms with van der Waals surface area (Å²) in [6, 6.07) is 6.95. The van der Waals surface area contributed by atoms with Crippen LogP contribution < -0.4 is 11.1 Å². The van der Waals surface area contributed by atoms with Crippen molar-refractivity contribution in [2.24, 2.45) is 5.73 Å². The van der Waals surface area contributed by atoms with E-state index >= 15 is 0 Å². The summed E-state index contributed by atoms with van der Waals surface area (Å²) >= 11 is 0. The largest absolute Gasteiger partial charge is 0.356 e. The van der Waals surface area contributed by atoms with Crippen molar-refractivity contribution >= 4 is 28.3 Å². The van der Waals surface area contributed by atoms with Crippen LogP contribution in [0.3, 0.4) is 0 Å². The molecular weight excluding hydrogens is 386 g/mol. The van der Waals surface area contributed by atoms with Crippen LogP contribution in [0.2, 0.25) is 0 Å². The Hall–Kier alpha value is -1.15. The van der Waals surface area contributed by atoms with Gasteiger partial charge in [-0.1, -0.05) is 25.0 Å². The molecule has 1 aliphatic rings. The van der Waals surface area contributed by atoms with Crippen LogP contribution in [-0.2, 0) is 21.2 Å². The molecule has 27 heavy (non-hydrogen) atoms. The summed E-state index contributed by atoms with van der Waals surface area (Å²) in [4.78, 5) is 12.1. The van der Waals surface area contributed by atoms with E-state index in [1.165, 1.54) is 0 Å². The maximum atomic E-state index is 12.7. The number of benzene rings is 1. The molecule has 0 bridgehead atoms. The zero-order chi connectivity index (χ0) is 18.8. The van der Waals surface area contributed by atoms with E-state index < -0.39 is 10.0 Å². The van der Waals surface area contributed by atoms with E-state index in [9.17, 15) is 13.2 Å². The normalized spacial score (nSPS) is 15.6. The molecule has 0 unspecified atom stereocenters. The Labute approximate surface area is 169 Å². The molecule has 6 nitrogen and oxygen atoms in total. The van der Waals surface area contributed by atoms with Gasteiger partial charge in [0.05, 0.1) is 4.90 Å². The highest BCUT2D eigenvalue weighted by atomic mass is 35.5. The number of nitrogens with two attached hydrogens (primary N) is 1. The van der Waals surface area contributed by atoms with Crippen LogP contribution in [0.15, 0.2) is 29.2 Å². The van der Waals surface area contributed by atoms with Gasteiger partial charge in [0.2, 0.25) is 15.9 Å². The van der Waals surface area contributed by atoms with Crippen molar-refractivity contribution < 1.29 is 13.2 Å². The zero-order valence-corrected chi connectivity index (χ0v) is 17.5. The lowest BCUT2D eigenvalue weighted by Gasteiger charge is -2.20. The number of aryl methyl sites for hydroxylation is 1. The molecule has 0 aromatic heterocycles. The Morgan fingerprint density at radius 2 is 1.67 bits per heavy atom. The van der Waals surface area contributed by atoms with Crippen molar-refractivity contribution in [1.82, 2.24) is 9.62 Å². The fourth-order valence-electron chi connectivity index (χ4n) is 3.10. The van der Waals surface area contributed by atoms with Crippen LogP contribution in [0.4, 0.5) is 0 Å². The van der Waals surface area contributed by atoms with E-state index in [4.69, 9.17) is 5.73 Å². The van der Waals surface area contributed by atoms with E-state index in [-0.39, 0.29) is 18.3 Å². The first-order valence-corrected chi connectivity index (χ1v) is 11.0. The van der Waals surface area contributed by atoms with Gasteiger partial charge < -0.3 is 11.1 Å². The molecule has 0 saturated carbocycles. The monoisotopic (exact) mass is 417 g/mol. The fraction of sp³-hybridized carbons (Fsp3) is 0.632.